The molecule has 1 N–H and O–H groups in total. The summed E-state index contributed by atoms with van der Waals surface area (Å²) in [7, 11) is 0. The van der Waals surface area contributed by atoms with Crippen molar-refractivity contribution in [1.29, 1.82) is 0 Å². The highest BCUT2D eigenvalue weighted by molar-refractivity contribution is 7.14. The highest BCUT2D eigenvalue weighted by Gasteiger charge is 2.13. The summed E-state index contributed by atoms with van der Waals surface area (Å²) in [5.74, 6) is 0.729. The predicted octanol–water partition coefficient (Wildman–Crippen LogP) is 3.09. The molecular weight excluding hydrogens is 246 g/mol. The lowest BCUT2D eigenvalue weighted by Crippen LogP contribution is -2.15. The summed E-state index contributed by atoms with van der Waals surface area (Å²) in [4.78, 5) is 14.1. The van der Waals surface area contributed by atoms with E-state index < -0.39 is 0 Å². The number of anilines is 1. The van der Waals surface area contributed by atoms with E-state index >= 15 is 0 Å². The standard InChI is InChI=1S/C13H17N3OS/c1-4-10-6-7-11(18-10)13(17)15-12-9(3)8-14-16(12)5-2/h6-8H,4-5H2,1-3H3,(H,15,17). The number of hydrogen-bond donors (Lipinski definition) is 1. The van der Waals surface area contributed by atoms with E-state index in [4.69, 9.17) is 0 Å². The third kappa shape index (κ3) is 2.46. The van der Waals surface area contributed by atoms with Crippen LogP contribution in [0.1, 0.15) is 34.0 Å². The number of nitrogens with one attached hydrogen (secondary N) is 1. The van der Waals surface area contributed by atoms with Crippen molar-refractivity contribution in [3.05, 3.63) is 33.6 Å². The van der Waals surface area contributed by atoms with E-state index in [0.717, 1.165) is 29.2 Å². The molecule has 4 nitrogen and oxygen atoms in total. The Kier molecular flexibility index (Phi) is 3.81. The van der Waals surface area contributed by atoms with Gasteiger partial charge in [-0.15, -0.1) is 11.3 Å². The molecule has 0 aliphatic heterocycles. The molecule has 0 atom stereocenters. The van der Waals surface area contributed by atoms with Crippen molar-refractivity contribution < 1.29 is 4.79 Å². The van der Waals surface area contributed by atoms with Crippen LogP contribution in [-0.2, 0) is 13.0 Å². The van der Waals surface area contributed by atoms with Gasteiger partial charge in [-0.1, -0.05) is 6.92 Å². The number of rotatable bonds is 4. The molecule has 0 unspecified atom stereocenters. The third-order valence-corrected chi connectivity index (χ3v) is 4.02. The summed E-state index contributed by atoms with van der Waals surface area (Å²) in [6.45, 7) is 6.78. The van der Waals surface area contributed by atoms with Gasteiger partial charge in [0.15, 0.2) is 0 Å². The van der Waals surface area contributed by atoms with Gasteiger partial charge in [0, 0.05) is 17.0 Å². The SMILES string of the molecule is CCc1ccc(C(=O)Nc2c(C)cnn2CC)s1. The Hall–Kier alpha value is -1.62. The molecule has 2 rings (SSSR count). The van der Waals surface area contributed by atoms with Crippen molar-refractivity contribution in [3.8, 4) is 0 Å². The highest BCUT2D eigenvalue weighted by atomic mass is 32.1. The number of nitrogens with zero attached hydrogens (tertiary/aromatic N) is 2. The number of thiophene rings is 1. The second-order valence-electron chi connectivity index (χ2n) is 4.07. The average Bonchev–Trinajstić information content (AvgIpc) is 2.97. The first kappa shape index (κ1) is 12.8. The first-order valence-corrected chi connectivity index (χ1v) is 6.89. The largest absolute Gasteiger partial charge is 0.306 e. The van der Waals surface area contributed by atoms with Gasteiger partial charge in [0.2, 0.25) is 0 Å². The Bertz CT molecular complexity index is 556. The molecule has 1 amide bonds. The van der Waals surface area contributed by atoms with Gasteiger partial charge in [0.25, 0.3) is 5.91 Å². The Morgan fingerprint density at radius 3 is 2.83 bits per heavy atom. The van der Waals surface area contributed by atoms with Crippen LogP contribution in [0.5, 0.6) is 0 Å². The van der Waals surface area contributed by atoms with Crippen molar-refractivity contribution >= 4 is 23.1 Å². The number of carbonyl (C=O) groups is 1. The number of amides is 1. The Balaban J connectivity index is 2.18. The smallest absolute Gasteiger partial charge is 0.266 e. The van der Waals surface area contributed by atoms with Crippen molar-refractivity contribution in [2.24, 2.45) is 0 Å². The lowest BCUT2D eigenvalue weighted by atomic mass is 10.3. The van der Waals surface area contributed by atoms with E-state index in [2.05, 4.69) is 17.3 Å². The Morgan fingerprint density at radius 1 is 1.44 bits per heavy atom. The summed E-state index contributed by atoms with van der Waals surface area (Å²) in [5.41, 5.74) is 0.984. The molecule has 0 aliphatic rings. The molecule has 0 spiro atoms. The third-order valence-electron chi connectivity index (χ3n) is 2.79. The molecule has 0 radical (unpaired) electrons. The fourth-order valence-electron chi connectivity index (χ4n) is 1.74. The Morgan fingerprint density at radius 2 is 2.22 bits per heavy atom. The van der Waals surface area contributed by atoms with Crippen LogP contribution < -0.4 is 5.32 Å². The fraction of sp³-hybridized carbons (Fsp3) is 0.385. The first-order valence-electron chi connectivity index (χ1n) is 6.08. The Labute approximate surface area is 111 Å². The minimum Gasteiger partial charge on any atom is -0.306 e. The quantitative estimate of drug-likeness (QED) is 0.921. The van der Waals surface area contributed by atoms with Crippen LogP contribution in [0.4, 0.5) is 5.82 Å². The molecular formula is C13H17N3OS. The van der Waals surface area contributed by atoms with E-state index in [1.807, 2.05) is 26.0 Å². The topological polar surface area (TPSA) is 46.9 Å². The van der Waals surface area contributed by atoms with Crippen LogP contribution in [0, 0.1) is 6.92 Å². The lowest BCUT2D eigenvalue weighted by molar-refractivity contribution is 0.102. The number of aromatic nitrogens is 2. The van der Waals surface area contributed by atoms with Crippen LogP contribution >= 0.6 is 11.3 Å². The molecule has 5 heteroatoms. The van der Waals surface area contributed by atoms with E-state index in [1.54, 1.807) is 22.2 Å². The highest BCUT2D eigenvalue weighted by Crippen LogP contribution is 2.20. The minimum absolute atomic E-state index is 0.0574. The molecule has 0 bridgehead atoms. The van der Waals surface area contributed by atoms with Gasteiger partial charge >= 0.3 is 0 Å². The molecule has 0 fully saturated rings. The fourth-order valence-corrected chi connectivity index (χ4v) is 2.58. The molecule has 18 heavy (non-hydrogen) atoms. The zero-order valence-corrected chi connectivity index (χ0v) is 11.7. The molecule has 0 aromatic carbocycles. The van der Waals surface area contributed by atoms with E-state index in [1.165, 1.54) is 4.88 Å². The molecule has 0 saturated heterocycles. The van der Waals surface area contributed by atoms with Crippen LogP contribution in [0.15, 0.2) is 18.3 Å². The molecule has 2 aromatic heterocycles. The van der Waals surface area contributed by atoms with Crippen LogP contribution in [0.25, 0.3) is 0 Å². The van der Waals surface area contributed by atoms with Crippen molar-refractivity contribution in [2.45, 2.75) is 33.7 Å². The maximum atomic E-state index is 12.1. The average molecular weight is 263 g/mol. The van der Waals surface area contributed by atoms with Crippen LogP contribution in [0.2, 0.25) is 0 Å². The molecule has 2 aromatic rings. The summed E-state index contributed by atoms with van der Waals surface area (Å²) < 4.78 is 1.79. The van der Waals surface area contributed by atoms with E-state index in [0.29, 0.717) is 0 Å². The molecule has 96 valence electrons. The van der Waals surface area contributed by atoms with Gasteiger partial charge < -0.3 is 5.32 Å². The summed E-state index contributed by atoms with van der Waals surface area (Å²) >= 11 is 1.54. The first-order chi connectivity index (χ1) is 8.65. The van der Waals surface area contributed by atoms with Crippen molar-refractivity contribution in [2.75, 3.05) is 5.32 Å². The normalized spacial score (nSPS) is 10.6. The van der Waals surface area contributed by atoms with Crippen molar-refractivity contribution in [1.82, 2.24) is 9.78 Å². The van der Waals surface area contributed by atoms with Gasteiger partial charge in [0.1, 0.15) is 5.82 Å². The number of carbonyl (C=O) groups excluding carboxylic acids is 1. The molecule has 0 saturated carbocycles. The zero-order valence-electron chi connectivity index (χ0n) is 10.9. The van der Waals surface area contributed by atoms with Gasteiger partial charge in [-0.3, -0.25) is 4.79 Å². The molecule has 0 aliphatic carbocycles. The monoisotopic (exact) mass is 263 g/mol. The van der Waals surface area contributed by atoms with Crippen molar-refractivity contribution in [3.63, 3.8) is 0 Å². The van der Waals surface area contributed by atoms with E-state index in [-0.39, 0.29) is 5.91 Å². The summed E-state index contributed by atoms with van der Waals surface area (Å²) in [5, 5.41) is 7.14. The van der Waals surface area contributed by atoms with Gasteiger partial charge in [-0.05, 0) is 32.4 Å². The lowest BCUT2D eigenvalue weighted by Gasteiger charge is -2.07. The van der Waals surface area contributed by atoms with Crippen LogP contribution in [0.3, 0.4) is 0 Å². The number of aryl methyl sites for hydroxylation is 3. The second-order valence-corrected chi connectivity index (χ2v) is 5.23. The second kappa shape index (κ2) is 5.35. The van der Waals surface area contributed by atoms with Gasteiger partial charge in [0.05, 0.1) is 11.1 Å². The summed E-state index contributed by atoms with van der Waals surface area (Å²) in [6.07, 6.45) is 2.73. The van der Waals surface area contributed by atoms with Gasteiger partial charge in [-0.2, -0.15) is 5.10 Å². The zero-order chi connectivity index (χ0) is 13.1. The summed E-state index contributed by atoms with van der Waals surface area (Å²) in [6, 6.07) is 3.88. The van der Waals surface area contributed by atoms with Crippen LogP contribution in [-0.4, -0.2) is 15.7 Å². The minimum atomic E-state index is -0.0574. The van der Waals surface area contributed by atoms with Gasteiger partial charge in [-0.25, -0.2) is 4.68 Å². The number of hydrogen-bond acceptors (Lipinski definition) is 3. The maximum Gasteiger partial charge on any atom is 0.266 e. The predicted molar refractivity (Wildman–Crippen MR) is 74.3 cm³/mol. The maximum absolute atomic E-state index is 12.1. The molecule has 2 heterocycles. The van der Waals surface area contributed by atoms with E-state index in [9.17, 15) is 4.79 Å².